The van der Waals surface area contributed by atoms with Gasteiger partial charge in [-0.25, -0.2) is 0 Å². The van der Waals surface area contributed by atoms with Gasteiger partial charge in [0.2, 0.25) is 0 Å². The first-order valence-corrected chi connectivity index (χ1v) is 21.2. The third kappa shape index (κ3) is 6.49. The summed E-state index contributed by atoms with van der Waals surface area (Å²) < 4.78 is 31.4. The second kappa shape index (κ2) is 14.5. The van der Waals surface area contributed by atoms with Gasteiger partial charge >= 0.3 is 0 Å². The van der Waals surface area contributed by atoms with E-state index in [-0.39, 0.29) is 40.6 Å². The van der Waals surface area contributed by atoms with Crippen molar-refractivity contribution in [3.05, 3.63) is 0 Å². The highest BCUT2D eigenvalue weighted by Gasteiger charge is 2.74. The van der Waals surface area contributed by atoms with Gasteiger partial charge < -0.3 is 69.6 Å². The van der Waals surface area contributed by atoms with Crippen molar-refractivity contribution >= 4 is 0 Å². The van der Waals surface area contributed by atoms with Gasteiger partial charge in [0.15, 0.2) is 12.6 Å². The average molecular weight is 801 g/mol. The van der Waals surface area contributed by atoms with Crippen molar-refractivity contribution in [1.82, 2.24) is 0 Å². The third-order valence-corrected chi connectivity index (χ3v) is 17.3. The summed E-state index contributed by atoms with van der Waals surface area (Å²) in [5.41, 5.74) is -3.23. The molecule has 9 N–H and O–H groups in total. The van der Waals surface area contributed by atoms with Crippen molar-refractivity contribution in [2.75, 3.05) is 6.61 Å². The van der Waals surface area contributed by atoms with Gasteiger partial charge in [0.25, 0.3) is 0 Å². The van der Waals surface area contributed by atoms with Crippen LogP contribution in [0, 0.1) is 45.3 Å². The minimum atomic E-state index is -1.67. The monoisotopic (exact) mass is 800 g/mol. The van der Waals surface area contributed by atoms with Gasteiger partial charge in [0.05, 0.1) is 48.3 Å². The van der Waals surface area contributed by atoms with Crippen LogP contribution in [0.15, 0.2) is 0 Å². The van der Waals surface area contributed by atoms with Crippen molar-refractivity contribution < 1.29 is 69.6 Å². The molecule has 0 aromatic rings. The molecule has 7 rings (SSSR count). The second-order valence-corrected chi connectivity index (χ2v) is 21.2. The Bertz CT molecular complexity index is 1420. The van der Waals surface area contributed by atoms with Crippen molar-refractivity contribution in [2.45, 2.75) is 211 Å². The van der Waals surface area contributed by atoms with Gasteiger partial charge in [-0.05, 0) is 124 Å². The maximum atomic E-state index is 12.4. The number of aliphatic hydroxyl groups is 9. The maximum Gasteiger partial charge on any atom is 0.187 e. The maximum absolute atomic E-state index is 12.4. The van der Waals surface area contributed by atoms with Gasteiger partial charge in [-0.3, -0.25) is 0 Å². The predicted molar refractivity (Wildman–Crippen MR) is 200 cm³/mol. The number of ether oxygens (including phenoxy) is 5. The summed E-state index contributed by atoms with van der Waals surface area (Å²) >= 11 is 0. The molecule has 14 heteroatoms. The fraction of sp³-hybridized carbons (Fsp3) is 1.00. The molecule has 324 valence electrons. The first-order valence-electron chi connectivity index (χ1n) is 21.2. The van der Waals surface area contributed by atoms with Crippen LogP contribution in [0.2, 0.25) is 0 Å². The zero-order valence-electron chi connectivity index (χ0n) is 34.8. The van der Waals surface area contributed by atoms with E-state index in [2.05, 4.69) is 41.5 Å². The molecule has 22 atom stereocenters. The molecule has 11 unspecified atom stereocenters. The molecule has 7 aliphatic rings. The van der Waals surface area contributed by atoms with Crippen molar-refractivity contribution in [1.29, 1.82) is 0 Å². The highest BCUT2D eigenvalue weighted by molar-refractivity contribution is 5.22. The van der Waals surface area contributed by atoms with Gasteiger partial charge in [-0.15, -0.1) is 0 Å². The Morgan fingerprint density at radius 3 is 2.00 bits per heavy atom. The van der Waals surface area contributed by atoms with Crippen molar-refractivity contribution in [2.24, 2.45) is 45.3 Å². The van der Waals surface area contributed by atoms with Crippen LogP contribution in [0.4, 0.5) is 0 Å². The number of hydrogen-bond acceptors (Lipinski definition) is 14. The van der Waals surface area contributed by atoms with Gasteiger partial charge in [0.1, 0.15) is 42.7 Å². The molecule has 0 radical (unpaired) electrons. The molecule has 4 saturated carbocycles. The van der Waals surface area contributed by atoms with Crippen LogP contribution in [0.1, 0.15) is 114 Å². The molecule has 7 fully saturated rings. The lowest BCUT2D eigenvalue weighted by atomic mass is 9.34. The number of aliphatic hydroxyl groups excluding tert-OH is 8. The summed E-state index contributed by atoms with van der Waals surface area (Å²) in [5, 5.41) is 99.6. The van der Waals surface area contributed by atoms with Crippen LogP contribution < -0.4 is 0 Å². The summed E-state index contributed by atoms with van der Waals surface area (Å²) in [6, 6.07) is 0. The lowest BCUT2D eigenvalue weighted by Gasteiger charge is -2.72. The SMILES string of the molecule is C[C@H]1O[C@@H](O[C@H]2[C@H](O)[C@@H](O)[C@H](OC3CC4(C)C(CC(O)C5C(C6(C)CC[C@H](C(C)(C)O)O6)CCC54C)C4(C)CCC(O)C(C)(C)C34)O[C@@H]2CO)[C@H](O)[C@H](O)[C@H]1O. The molecule has 56 heavy (non-hydrogen) atoms. The Balaban J connectivity index is 1.19. The zero-order chi connectivity index (χ0) is 41.3. The van der Waals surface area contributed by atoms with E-state index in [4.69, 9.17) is 23.7 Å². The molecule has 3 aliphatic heterocycles. The van der Waals surface area contributed by atoms with Crippen LogP contribution >= 0.6 is 0 Å². The van der Waals surface area contributed by atoms with Gasteiger partial charge in [-0.2, -0.15) is 0 Å². The predicted octanol–water partition coefficient (Wildman–Crippen LogP) is 1.36. The first-order chi connectivity index (χ1) is 25.9. The Morgan fingerprint density at radius 1 is 0.732 bits per heavy atom. The molecule has 0 spiro atoms. The molecule has 14 nitrogen and oxygen atoms in total. The van der Waals surface area contributed by atoms with Crippen LogP contribution in [0.5, 0.6) is 0 Å². The van der Waals surface area contributed by atoms with E-state index in [1.54, 1.807) is 13.8 Å². The molecule has 3 heterocycles. The highest BCUT2D eigenvalue weighted by Crippen LogP contribution is 2.76. The smallest absolute Gasteiger partial charge is 0.187 e. The topological polar surface area (TPSA) is 228 Å². The fourth-order valence-electron chi connectivity index (χ4n) is 14.1. The molecule has 0 aromatic heterocycles. The summed E-state index contributed by atoms with van der Waals surface area (Å²) in [6.45, 7) is 17.6. The van der Waals surface area contributed by atoms with E-state index in [0.717, 1.165) is 25.7 Å². The molecule has 0 aromatic carbocycles. The quantitative estimate of drug-likeness (QED) is 0.166. The van der Waals surface area contributed by atoms with E-state index in [1.807, 2.05) is 0 Å². The lowest BCUT2D eigenvalue weighted by molar-refractivity contribution is -0.372. The van der Waals surface area contributed by atoms with E-state index >= 15 is 0 Å². The Hall–Kier alpha value is -0.560. The molecule has 4 aliphatic carbocycles. The average Bonchev–Trinajstić information content (AvgIpc) is 3.71. The van der Waals surface area contributed by atoms with E-state index < -0.39 is 108 Å². The normalized spacial score (nSPS) is 57.3. The van der Waals surface area contributed by atoms with Crippen LogP contribution in [0.25, 0.3) is 0 Å². The third-order valence-electron chi connectivity index (χ3n) is 17.3. The minimum absolute atomic E-state index is 0.0714. The Morgan fingerprint density at radius 2 is 1.38 bits per heavy atom. The van der Waals surface area contributed by atoms with E-state index in [1.165, 1.54) is 6.92 Å². The standard InChI is InChI=1S/C42H72O14/c1-19-28(46)29(47)31(49)35(52-19)55-33-23(18-43)54-36(32(50)30(33)48)53-22-17-41(8)24(39(6)13-11-25(45)37(2,3)34(22)39)16-21(44)27-20(10-14-40(27,41)7)42(9)15-12-26(56-42)38(4,5)51/h19-36,43-51H,10-18H2,1-9H3/t19-,20?,21?,22?,23-,24?,25?,26-,27?,28+,29-,30-,31-,32-,33-,34?,35+,36-,39?,40?,41?,42?/m1/s1. The molecule has 3 saturated heterocycles. The van der Waals surface area contributed by atoms with Gasteiger partial charge in [0, 0.05) is 0 Å². The molecule has 0 amide bonds. The van der Waals surface area contributed by atoms with Crippen molar-refractivity contribution in [3.8, 4) is 0 Å². The van der Waals surface area contributed by atoms with Crippen LogP contribution in [-0.2, 0) is 23.7 Å². The summed E-state index contributed by atoms with van der Waals surface area (Å²) in [5.74, 6) is -0.166. The molecular formula is C42H72O14. The summed E-state index contributed by atoms with van der Waals surface area (Å²) in [6.07, 6.45) is -10.7. The van der Waals surface area contributed by atoms with Crippen molar-refractivity contribution in [3.63, 3.8) is 0 Å². The second-order valence-electron chi connectivity index (χ2n) is 21.2. The largest absolute Gasteiger partial charge is 0.394 e. The highest BCUT2D eigenvalue weighted by atomic mass is 16.7. The minimum Gasteiger partial charge on any atom is -0.394 e. The van der Waals surface area contributed by atoms with E-state index in [9.17, 15) is 46.0 Å². The van der Waals surface area contributed by atoms with E-state index in [0.29, 0.717) is 25.7 Å². The number of rotatable bonds is 7. The zero-order valence-corrected chi connectivity index (χ0v) is 34.8. The van der Waals surface area contributed by atoms with Crippen LogP contribution in [0.3, 0.4) is 0 Å². The first kappa shape index (κ1) is 43.5. The molecule has 0 bridgehead atoms. The lowest BCUT2D eigenvalue weighted by Crippen LogP contribution is -2.71. The Labute approximate surface area is 331 Å². The summed E-state index contributed by atoms with van der Waals surface area (Å²) in [4.78, 5) is 0. The summed E-state index contributed by atoms with van der Waals surface area (Å²) in [7, 11) is 0. The number of hydrogen-bond donors (Lipinski definition) is 9. The molecular weight excluding hydrogens is 728 g/mol. The van der Waals surface area contributed by atoms with Crippen LogP contribution in [-0.4, -0.2) is 150 Å². The van der Waals surface area contributed by atoms with Gasteiger partial charge in [-0.1, -0.05) is 34.6 Å². The number of fused-ring (bicyclic) bond motifs is 5. The fourth-order valence-corrected chi connectivity index (χ4v) is 14.1. The Kier molecular flexibility index (Phi) is 11.3.